The molecule has 0 radical (unpaired) electrons. The van der Waals surface area contributed by atoms with Crippen molar-refractivity contribution in [3.8, 4) is 0 Å². The molecule has 2 aliphatic rings. The summed E-state index contributed by atoms with van der Waals surface area (Å²) < 4.78 is 0. The zero-order valence-electron chi connectivity index (χ0n) is 13.9. The van der Waals surface area contributed by atoms with Gasteiger partial charge in [0.05, 0.1) is 0 Å². The monoisotopic (exact) mass is 317 g/mol. The van der Waals surface area contributed by atoms with Crippen LogP contribution in [0.2, 0.25) is 0 Å². The molecule has 0 saturated carbocycles. The number of nitrogens with zero attached hydrogens (tertiary/aromatic N) is 1. The number of amides is 1. The summed E-state index contributed by atoms with van der Waals surface area (Å²) in [5.41, 5.74) is 10.2. The van der Waals surface area contributed by atoms with Gasteiger partial charge in [0, 0.05) is 18.0 Å². The fourth-order valence-electron chi connectivity index (χ4n) is 3.51. The van der Waals surface area contributed by atoms with Gasteiger partial charge >= 0.3 is 0 Å². The first kappa shape index (κ1) is 16.4. The van der Waals surface area contributed by atoms with E-state index in [0.29, 0.717) is 6.54 Å². The van der Waals surface area contributed by atoms with Crippen LogP contribution in [0.15, 0.2) is 30.3 Å². The lowest BCUT2D eigenvalue weighted by atomic mass is 9.72. The van der Waals surface area contributed by atoms with E-state index in [9.17, 15) is 4.79 Å². The van der Waals surface area contributed by atoms with Crippen molar-refractivity contribution >= 4 is 5.91 Å². The predicted octanol–water partition coefficient (Wildman–Crippen LogP) is 0.136. The first-order chi connectivity index (χ1) is 11.1. The number of hydrazine groups is 2. The van der Waals surface area contributed by atoms with Crippen molar-refractivity contribution in [1.82, 2.24) is 26.6 Å². The van der Waals surface area contributed by atoms with Crippen molar-refractivity contribution < 1.29 is 4.79 Å². The predicted molar refractivity (Wildman–Crippen MR) is 90.5 cm³/mol. The quantitative estimate of drug-likeness (QED) is 0.636. The molecule has 0 aliphatic carbocycles. The minimum Gasteiger partial charge on any atom is -0.354 e. The van der Waals surface area contributed by atoms with E-state index < -0.39 is 0 Å². The molecule has 0 spiro atoms. The number of benzene rings is 1. The van der Waals surface area contributed by atoms with E-state index in [1.54, 1.807) is 0 Å². The Labute approximate surface area is 137 Å². The van der Waals surface area contributed by atoms with Crippen LogP contribution >= 0.6 is 0 Å². The van der Waals surface area contributed by atoms with Crippen LogP contribution in [0.3, 0.4) is 0 Å². The van der Waals surface area contributed by atoms with Gasteiger partial charge in [0.1, 0.15) is 6.04 Å². The Balaban J connectivity index is 1.71. The van der Waals surface area contributed by atoms with Gasteiger partial charge in [0.2, 0.25) is 5.91 Å². The van der Waals surface area contributed by atoms with Crippen LogP contribution < -0.4 is 21.7 Å². The molecule has 2 heterocycles. The van der Waals surface area contributed by atoms with Gasteiger partial charge in [-0.1, -0.05) is 30.3 Å². The molecule has 1 aromatic rings. The van der Waals surface area contributed by atoms with Crippen LogP contribution in [0.1, 0.15) is 25.3 Å². The summed E-state index contributed by atoms with van der Waals surface area (Å²) >= 11 is 0. The molecule has 2 aliphatic heterocycles. The number of carbonyl (C=O) groups excluding carboxylic acids is 1. The molecule has 3 rings (SSSR count). The van der Waals surface area contributed by atoms with Crippen LogP contribution in [0.4, 0.5) is 0 Å². The van der Waals surface area contributed by atoms with E-state index in [2.05, 4.69) is 57.9 Å². The molecule has 126 valence electrons. The minimum absolute atomic E-state index is 0.0339. The summed E-state index contributed by atoms with van der Waals surface area (Å²) in [6, 6.07) is 10.4. The maximum absolute atomic E-state index is 12.5. The van der Waals surface area contributed by atoms with E-state index in [1.165, 1.54) is 5.56 Å². The smallest absolute Gasteiger partial charge is 0.240 e. The zero-order chi connectivity index (χ0) is 16.3. The Morgan fingerprint density at radius 2 is 1.96 bits per heavy atom. The van der Waals surface area contributed by atoms with Gasteiger partial charge < -0.3 is 10.2 Å². The molecule has 1 aromatic carbocycles. The van der Waals surface area contributed by atoms with Crippen LogP contribution in [0, 0.1) is 0 Å². The second kappa shape index (κ2) is 6.97. The summed E-state index contributed by atoms with van der Waals surface area (Å²) in [4.78, 5) is 14.8. The third kappa shape index (κ3) is 3.55. The first-order valence-corrected chi connectivity index (χ1v) is 8.39. The molecular formula is C17H27N5O. The molecule has 0 aromatic heterocycles. The summed E-state index contributed by atoms with van der Waals surface area (Å²) in [5.74, 6) is 0.0456. The summed E-state index contributed by atoms with van der Waals surface area (Å²) in [5, 5.41) is 3.18. The van der Waals surface area contributed by atoms with Crippen molar-refractivity contribution in [2.24, 2.45) is 0 Å². The van der Waals surface area contributed by atoms with Crippen LogP contribution in [-0.4, -0.2) is 49.6 Å². The Hall–Kier alpha value is -1.47. The normalized spacial score (nSPS) is 27.7. The Bertz CT molecular complexity index is 527. The highest BCUT2D eigenvalue weighted by atomic mass is 16.2. The molecule has 2 atom stereocenters. The molecule has 0 bridgehead atoms. The van der Waals surface area contributed by atoms with Gasteiger partial charge in [-0.15, -0.1) is 0 Å². The number of hydrogen-bond donors (Lipinski definition) is 4. The van der Waals surface area contributed by atoms with Crippen LogP contribution in [-0.2, 0) is 10.2 Å². The van der Waals surface area contributed by atoms with Gasteiger partial charge in [-0.25, -0.2) is 10.9 Å². The Kier molecular flexibility index (Phi) is 4.96. The van der Waals surface area contributed by atoms with Gasteiger partial charge in [-0.3, -0.25) is 4.79 Å². The van der Waals surface area contributed by atoms with E-state index in [4.69, 9.17) is 0 Å². The number of nitrogens with one attached hydrogen (secondary N) is 4. The summed E-state index contributed by atoms with van der Waals surface area (Å²) in [7, 11) is 2.16. The van der Waals surface area contributed by atoms with E-state index in [0.717, 1.165) is 25.9 Å². The highest BCUT2D eigenvalue weighted by molar-refractivity contribution is 5.82. The Morgan fingerprint density at radius 3 is 2.57 bits per heavy atom. The van der Waals surface area contributed by atoms with E-state index >= 15 is 0 Å². The maximum Gasteiger partial charge on any atom is 0.240 e. The lowest BCUT2D eigenvalue weighted by Gasteiger charge is -2.41. The summed E-state index contributed by atoms with van der Waals surface area (Å²) in [6.45, 7) is 4.80. The van der Waals surface area contributed by atoms with Crippen molar-refractivity contribution in [3.05, 3.63) is 35.9 Å². The van der Waals surface area contributed by atoms with Crippen molar-refractivity contribution in [2.75, 3.05) is 26.7 Å². The largest absolute Gasteiger partial charge is 0.354 e. The van der Waals surface area contributed by atoms with Crippen LogP contribution in [0.25, 0.3) is 0 Å². The standard InChI is InChI=1S/C17H27N5O/c1-13-15(20-21-19-13)16(23)18-12-17(8-10-22(2)11-9-17)14-6-4-3-5-7-14/h3-7,13,15,19-21H,8-12H2,1-2H3,(H,18,23). The lowest BCUT2D eigenvalue weighted by Crippen LogP contribution is -2.53. The third-order valence-electron chi connectivity index (χ3n) is 5.24. The molecular weight excluding hydrogens is 290 g/mol. The van der Waals surface area contributed by atoms with Crippen molar-refractivity contribution in [1.29, 1.82) is 0 Å². The molecule has 2 fully saturated rings. The average molecular weight is 317 g/mol. The lowest BCUT2D eigenvalue weighted by molar-refractivity contribution is -0.123. The number of piperidine rings is 1. The van der Waals surface area contributed by atoms with Crippen molar-refractivity contribution in [2.45, 2.75) is 37.3 Å². The maximum atomic E-state index is 12.5. The molecule has 6 nitrogen and oxygen atoms in total. The number of rotatable bonds is 4. The highest BCUT2D eigenvalue weighted by Gasteiger charge is 2.37. The average Bonchev–Trinajstić information content (AvgIpc) is 3.01. The molecule has 4 N–H and O–H groups in total. The first-order valence-electron chi connectivity index (χ1n) is 8.39. The fraction of sp³-hybridized carbons (Fsp3) is 0.588. The number of hydrogen-bond acceptors (Lipinski definition) is 5. The minimum atomic E-state index is -0.242. The van der Waals surface area contributed by atoms with Gasteiger partial charge in [0.15, 0.2) is 0 Å². The highest BCUT2D eigenvalue weighted by Crippen LogP contribution is 2.34. The molecule has 2 saturated heterocycles. The third-order valence-corrected chi connectivity index (χ3v) is 5.24. The zero-order valence-corrected chi connectivity index (χ0v) is 13.9. The van der Waals surface area contributed by atoms with Crippen molar-refractivity contribution in [3.63, 3.8) is 0 Å². The second-order valence-electron chi connectivity index (χ2n) is 6.85. The molecule has 2 unspecified atom stereocenters. The number of carbonyl (C=O) groups is 1. The number of likely N-dealkylation sites (tertiary alicyclic amines) is 1. The van der Waals surface area contributed by atoms with Crippen LogP contribution in [0.5, 0.6) is 0 Å². The Morgan fingerprint density at radius 1 is 1.26 bits per heavy atom. The molecule has 1 amide bonds. The SMILES string of the molecule is CC1NNNC1C(=O)NCC1(c2ccccc2)CCN(C)CC1. The molecule has 23 heavy (non-hydrogen) atoms. The second-order valence-corrected chi connectivity index (χ2v) is 6.85. The topological polar surface area (TPSA) is 68.4 Å². The summed E-state index contributed by atoms with van der Waals surface area (Å²) in [6.07, 6.45) is 2.13. The molecule has 6 heteroatoms. The van der Waals surface area contributed by atoms with E-state index in [1.807, 2.05) is 13.0 Å². The van der Waals surface area contributed by atoms with Gasteiger partial charge in [-0.2, -0.15) is 5.53 Å². The van der Waals surface area contributed by atoms with E-state index in [-0.39, 0.29) is 23.4 Å². The van der Waals surface area contributed by atoms with Gasteiger partial charge in [0.25, 0.3) is 0 Å². The van der Waals surface area contributed by atoms with Gasteiger partial charge in [-0.05, 0) is 45.5 Å². The fourth-order valence-corrected chi connectivity index (χ4v) is 3.51.